The zero-order chi connectivity index (χ0) is 22.8. The molecule has 1 saturated heterocycles. The molecule has 1 N–H and O–H groups in total. The molecule has 0 aromatic rings. The molecule has 0 radical (unpaired) electrons. The van der Waals surface area contributed by atoms with Crippen molar-refractivity contribution in [1.82, 2.24) is 14.5 Å². The highest BCUT2D eigenvalue weighted by atomic mass is 32.2. The Balaban J connectivity index is 1.74. The lowest BCUT2D eigenvalue weighted by Crippen LogP contribution is -2.67. The number of hydrogen-bond acceptors (Lipinski definition) is 5. The highest BCUT2D eigenvalue weighted by Gasteiger charge is 2.48. The molecule has 2 saturated carbocycles. The average Bonchev–Trinajstić information content (AvgIpc) is 2.72. The molecule has 9 heteroatoms. The number of sulfonamides is 1. The van der Waals surface area contributed by atoms with Crippen LogP contribution in [0.5, 0.6) is 0 Å². The molecule has 3 aliphatic rings. The lowest BCUT2D eigenvalue weighted by molar-refractivity contribution is -0.142. The molecule has 6 atom stereocenters. The van der Waals surface area contributed by atoms with Crippen LogP contribution in [0.2, 0.25) is 0 Å². The van der Waals surface area contributed by atoms with Gasteiger partial charge in [0.15, 0.2) is 0 Å². The third-order valence-corrected chi connectivity index (χ3v) is 8.94. The van der Waals surface area contributed by atoms with Gasteiger partial charge in [-0.3, -0.25) is 4.79 Å². The number of carbonyl (C=O) groups is 2. The highest BCUT2D eigenvalue weighted by Crippen LogP contribution is 2.43. The summed E-state index contributed by atoms with van der Waals surface area (Å²) in [5, 5.41) is 0. The minimum absolute atomic E-state index is 0.00248. The van der Waals surface area contributed by atoms with Gasteiger partial charge in [0.2, 0.25) is 15.9 Å². The minimum atomic E-state index is -3.21. The SMILES string of the molecule is CCOC(=O)N1C[C@H](C)N(C(C)=O)C2CCC(C3CCCC(NS(=O)(=O)CC)C3)CC21. The van der Waals surface area contributed by atoms with Crippen LogP contribution in [0.3, 0.4) is 0 Å². The first kappa shape index (κ1) is 24.3. The van der Waals surface area contributed by atoms with E-state index in [0.717, 1.165) is 44.9 Å². The minimum Gasteiger partial charge on any atom is -0.450 e. The van der Waals surface area contributed by atoms with Gasteiger partial charge in [0.25, 0.3) is 0 Å². The maximum atomic E-state index is 12.7. The number of nitrogens with one attached hydrogen (secondary N) is 1. The molecule has 0 aromatic carbocycles. The van der Waals surface area contributed by atoms with Gasteiger partial charge in [-0.25, -0.2) is 17.9 Å². The number of ether oxygens (including phenoxy) is 1. The molecule has 3 rings (SSSR count). The first-order valence-corrected chi connectivity index (χ1v) is 13.5. The third kappa shape index (κ3) is 5.53. The second-order valence-electron chi connectivity index (χ2n) is 9.48. The van der Waals surface area contributed by atoms with Crippen LogP contribution >= 0.6 is 0 Å². The molecular weight excluding hydrogens is 418 g/mol. The predicted octanol–water partition coefficient (Wildman–Crippen LogP) is 2.73. The van der Waals surface area contributed by atoms with E-state index in [9.17, 15) is 18.0 Å². The molecule has 3 fully saturated rings. The smallest absolute Gasteiger partial charge is 0.410 e. The number of rotatable bonds is 5. The summed E-state index contributed by atoms with van der Waals surface area (Å²) in [6.07, 6.45) is 6.29. The lowest BCUT2D eigenvalue weighted by atomic mass is 9.69. The molecule has 8 nitrogen and oxygen atoms in total. The van der Waals surface area contributed by atoms with Crippen molar-refractivity contribution >= 4 is 22.0 Å². The molecule has 2 amide bonds. The Labute approximate surface area is 187 Å². The van der Waals surface area contributed by atoms with Gasteiger partial charge < -0.3 is 14.5 Å². The van der Waals surface area contributed by atoms with E-state index in [2.05, 4.69) is 4.72 Å². The Hall–Kier alpha value is -1.35. The Morgan fingerprint density at radius 1 is 1.03 bits per heavy atom. The fourth-order valence-electron chi connectivity index (χ4n) is 6.15. The lowest BCUT2D eigenvalue weighted by Gasteiger charge is -2.54. The van der Waals surface area contributed by atoms with Crippen molar-refractivity contribution in [3.8, 4) is 0 Å². The molecule has 0 aromatic heterocycles. The number of hydrogen-bond donors (Lipinski definition) is 1. The summed E-state index contributed by atoms with van der Waals surface area (Å²) in [6.45, 7) is 7.93. The fourth-order valence-corrected chi connectivity index (χ4v) is 7.03. The topological polar surface area (TPSA) is 96.0 Å². The molecule has 178 valence electrons. The first-order valence-electron chi connectivity index (χ1n) is 11.9. The molecular formula is C22H39N3O5S. The van der Waals surface area contributed by atoms with Crippen molar-refractivity contribution in [1.29, 1.82) is 0 Å². The maximum absolute atomic E-state index is 12.7. The van der Waals surface area contributed by atoms with Crippen LogP contribution in [0.1, 0.15) is 72.6 Å². The first-order chi connectivity index (χ1) is 14.7. The van der Waals surface area contributed by atoms with Crippen LogP contribution in [0.4, 0.5) is 4.79 Å². The molecule has 1 heterocycles. The summed E-state index contributed by atoms with van der Waals surface area (Å²) in [4.78, 5) is 28.9. The van der Waals surface area contributed by atoms with Crippen molar-refractivity contribution in [2.24, 2.45) is 11.8 Å². The van der Waals surface area contributed by atoms with Gasteiger partial charge >= 0.3 is 6.09 Å². The number of carbonyl (C=O) groups excluding carboxylic acids is 2. The van der Waals surface area contributed by atoms with E-state index in [4.69, 9.17) is 4.74 Å². The Morgan fingerprint density at radius 2 is 1.74 bits per heavy atom. The number of piperazine rings is 1. The summed E-state index contributed by atoms with van der Waals surface area (Å²) in [6, 6.07) is -0.0320. The molecule has 5 unspecified atom stereocenters. The van der Waals surface area contributed by atoms with Crippen molar-refractivity contribution in [3.05, 3.63) is 0 Å². The Morgan fingerprint density at radius 3 is 2.39 bits per heavy atom. The number of amides is 2. The third-order valence-electron chi connectivity index (χ3n) is 7.49. The van der Waals surface area contributed by atoms with E-state index in [1.165, 1.54) is 0 Å². The predicted molar refractivity (Wildman–Crippen MR) is 119 cm³/mol. The van der Waals surface area contributed by atoms with Gasteiger partial charge in [-0.15, -0.1) is 0 Å². The molecule has 0 spiro atoms. The zero-order valence-electron chi connectivity index (χ0n) is 19.4. The quantitative estimate of drug-likeness (QED) is 0.685. The average molecular weight is 458 g/mol. The van der Waals surface area contributed by atoms with Crippen LogP contribution in [0.25, 0.3) is 0 Å². The number of fused-ring (bicyclic) bond motifs is 1. The molecule has 2 aliphatic carbocycles. The standard InChI is InChI=1S/C22H39N3O5S/c1-5-30-22(27)24-14-15(3)25(16(4)26)20-11-10-18(13-21(20)24)17-8-7-9-19(12-17)23-31(28,29)6-2/h15,17-21,23H,5-14H2,1-4H3/t15-,17?,18?,19?,20?,21?/m0/s1. The molecule has 31 heavy (non-hydrogen) atoms. The molecule has 1 aliphatic heterocycles. The van der Waals surface area contributed by atoms with Crippen molar-refractivity contribution in [2.75, 3.05) is 18.9 Å². The van der Waals surface area contributed by atoms with Crippen LogP contribution in [-0.2, 0) is 19.6 Å². The summed E-state index contributed by atoms with van der Waals surface area (Å²) >= 11 is 0. The normalized spacial score (nSPS) is 34.2. The highest BCUT2D eigenvalue weighted by molar-refractivity contribution is 7.89. The van der Waals surface area contributed by atoms with E-state index in [0.29, 0.717) is 25.0 Å². The largest absolute Gasteiger partial charge is 0.450 e. The van der Waals surface area contributed by atoms with Gasteiger partial charge in [0.05, 0.1) is 24.4 Å². The summed E-state index contributed by atoms with van der Waals surface area (Å²) < 4.78 is 32.3. The van der Waals surface area contributed by atoms with Crippen LogP contribution in [0, 0.1) is 11.8 Å². The Bertz CT molecular complexity index is 758. The van der Waals surface area contributed by atoms with Gasteiger partial charge in [0, 0.05) is 25.6 Å². The van der Waals surface area contributed by atoms with Crippen LogP contribution in [0.15, 0.2) is 0 Å². The molecule has 0 bridgehead atoms. The summed E-state index contributed by atoms with van der Waals surface area (Å²) in [5.41, 5.74) is 0. The van der Waals surface area contributed by atoms with E-state index < -0.39 is 10.0 Å². The van der Waals surface area contributed by atoms with Gasteiger partial charge in [-0.05, 0) is 64.7 Å². The van der Waals surface area contributed by atoms with Crippen LogP contribution < -0.4 is 4.72 Å². The monoisotopic (exact) mass is 457 g/mol. The fraction of sp³-hybridized carbons (Fsp3) is 0.909. The van der Waals surface area contributed by atoms with Gasteiger partial charge in [-0.2, -0.15) is 0 Å². The van der Waals surface area contributed by atoms with Gasteiger partial charge in [-0.1, -0.05) is 12.8 Å². The summed E-state index contributed by atoms with van der Waals surface area (Å²) in [7, 11) is -3.21. The van der Waals surface area contributed by atoms with Crippen molar-refractivity contribution in [3.63, 3.8) is 0 Å². The van der Waals surface area contributed by atoms with E-state index in [-0.39, 0.29) is 41.9 Å². The summed E-state index contributed by atoms with van der Waals surface area (Å²) in [5.74, 6) is 1.04. The van der Waals surface area contributed by atoms with Crippen molar-refractivity contribution in [2.45, 2.75) is 96.8 Å². The van der Waals surface area contributed by atoms with Gasteiger partial charge in [0.1, 0.15) is 0 Å². The Kier molecular flexibility index (Phi) is 7.89. The maximum Gasteiger partial charge on any atom is 0.410 e. The van der Waals surface area contributed by atoms with Crippen LogP contribution in [-0.4, -0.2) is 73.3 Å². The van der Waals surface area contributed by atoms with E-state index in [1.54, 1.807) is 13.8 Å². The van der Waals surface area contributed by atoms with Crippen molar-refractivity contribution < 1.29 is 22.7 Å². The second-order valence-corrected chi connectivity index (χ2v) is 11.5. The number of nitrogens with zero attached hydrogens (tertiary/aromatic N) is 2. The second kappa shape index (κ2) is 10.1. The zero-order valence-corrected chi connectivity index (χ0v) is 20.2. The van der Waals surface area contributed by atoms with E-state index in [1.807, 2.05) is 23.6 Å². The van der Waals surface area contributed by atoms with E-state index >= 15 is 0 Å².